The van der Waals surface area contributed by atoms with Gasteiger partial charge in [0.2, 0.25) is 5.91 Å². The topological polar surface area (TPSA) is 66.5 Å². The normalized spacial score (nSPS) is 19.8. The Hall–Kier alpha value is -2.41. The molecule has 28 heavy (non-hydrogen) atoms. The molecule has 0 spiro atoms. The van der Waals surface area contributed by atoms with Gasteiger partial charge in [-0.1, -0.05) is 50.1 Å². The minimum Gasteiger partial charge on any atom is -0.352 e. The Labute approximate surface area is 165 Å². The molecule has 3 rings (SSSR count). The molecule has 1 N–H and O–H groups in total. The zero-order valence-electron chi connectivity index (χ0n) is 15.8. The van der Waals surface area contributed by atoms with Crippen LogP contribution in [-0.4, -0.2) is 26.9 Å². The van der Waals surface area contributed by atoms with Crippen LogP contribution in [0.5, 0.6) is 0 Å². The molecule has 2 atom stereocenters. The minimum atomic E-state index is -4.24. The van der Waals surface area contributed by atoms with Crippen molar-refractivity contribution >= 4 is 21.6 Å². The lowest BCUT2D eigenvalue weighted by atomic mass is 9.86. The van der Waals surface area contributed by atoms with Gasteiger partial charge in [0.15, 0.2) is 0 Å². The van der Waals surface area contributed by atoms with E-state index in [0.717, 1.165) is 36.1 Å². The van der Waals surface area contributed by atoms with E-state index >= 15 is 0 Å². The van der Waals surface area contributed by atoms with Crippen molar-refractivity contribution in [2.75, 3.05) is 10.8 Å². The van der Waals surface area contributed by atoms with Crippen LogP contribution in [0, 0.1) is 11.7 Å². The van der Waals surface area contributed by atoms with Crippen LogP contribution in [0.15, 0.2) is 59.5 Å². The van der Waals surface area contributed by atoms with Gasteiger partial charge in [0, 0.05) is 6.04 Å². The van der Waals surface area contributed by atoms with Crippen LogP contribution in [0.25, 0.3) is 0 Å². The standard InChI is InChI=1S/C21H25FN2O3S/c1-16-9-5-7-13-19(16)23-21(25)15-24(17-10-3-2-4-11-17)28(26,27)20-14-8-6-12-18(20)22/h2-4,6,8,10-12,14,16,19H,5,7,9,13,15H2,1H3,(H,23,25). The number of benzene rings is 2. The Balaban J connectivity index is 1.88. The first-order valence-electron chi connectivity index (χ1n) is 9.51. The highest BCUT2D eigenvalue weighted by atomic mass is 32.2. The quantitative estimate of drug-likeness (QED) is 0.798. The Morgan fingerprint density at radius 2 is 1.71 bits per heavy atom. The number of nitrogens with one attached hydrogen (secondary N) is 1. The number of para-hydroxylation sites is 1. The second kappa shape index (κ2) is 8.73. The number of hydrogen-bond acceptors (Lipinski definition) is 3. The average molecular weight is 405 g/mol. The summed E-state index contributed by atoms with van der Waals surface area (Å²) in [4.78, 5) is 12.2. The highest BCUT2D eigenvalue weighted by Gasteiger charge is 2.31. The molecule has 2 aromatic rings. The lowest BCUT2D eigenvalue weighted by Gasteiger charge is -2.31. The summed E-state index contributed by atoms with van der Waals surface area (Å²) in [7, 11) is -4.24. The maximum atomic E-state index is 14.2. The number of nitrogens with zero attached hydrogens (tertiary/aromatic N) is 1. The van der Waals surface area contributed by atoms with Crippen LogP contribution in [-0.2, 0) is 14.8 Å². The van der Waals surface area contributed by atoms with Crippen molar-refractivity contribution in [3.63, 3.8) is 0 Å². The van der Waals surface area contributed by atoms with Crippen molar-refractivity contribution in [1.82, 2.24) is 5.32 Å². The summed E-state index contributed by atoms with van der Waals surface area (Å²) < 4.78 is 41.5. The van der Waals surface area contributed by atoms with Crippen molar-refractivity contribution in [3.05, 3.63) is 60.4 Å². The number of amides is 1. The van der Waals surface area contributed by atoms with E-state index in [2.05, 4.69) is 12.2 Å². The van der Waals surface area contributed by atoms with E-state index in [9.17, 15) is 17.6 Å². The molecule has 0 bridgehead atoms. The molecule has 150 valence electrons. The van der Waals surface area contributed by atoms with Gasteiger partial charge in [-0.2, -0.15) is 0 Å². The number of rotatable bonds is 6. The fourth-order valence-electron chi connectivity index (χ4n) is 3.60. The zero-order chi connectivity index (χ0) is 20.1. The van der Waals surface area contributed by atoms with Crippen molar-refractivity contribution in [2.24, 2.45) is 5.92 Å². The maximum Gasteiger partial charge on any atom is 0.267 e. The third kappa shape index (κ3) is 4.52. The summed E-state index contributed by atoms with van der Waals surface area (Å²) in [6.07, 6.45) is 4.12. The number of carbonyl (C=O) groups excluding carboxylic acids is 1. The van der Waals surface area contributed by atoms with Crippen molar-refractivity contribution < 1.29 is 17.6 Å². The molecule has 7 heteroatoms. The van der Waals surface area contributed by atoms with Gasteiger partial charge in [0.25, 0.3) is 10.0 Å². The van der Waals surface area contributed by atoms with Gasteiger partial charge in [0.1, 0.15) is 17.3 Å². The summed E-state index contributed by atoms with van der Waals surface area (Å²) in [6, 6.07) is 13.5. The molecule has 2 unspecified atom stereocenters. The highest BCUT2D eigenvalue weighted by Crippen LogP contribution is 2.26. The molecule has 1 fully saturated rings. The molecule has 1 aliphatic rings. The SMILES string of the molecule is CC1CCCCC1NC(=O)CN(c1ccccc1)S(=O)(=O)c1ccccc1F. The van der Waals surface area contributed by atoms with Crippen LogP contribution in [0.4, 0.5) is 10.1 Å². The smallest absolute Gasteiger partial charge is 0.267 e. The third-order valence-corrected chi connectivity index (χ3v) is 7.00. The minimum absolute atomic E-state index is 0.0371. The first kappa shape index (κ1) is 20.3. The molecule has 1 amide bonds. The van der Waals surface area contributed by atoms with Gasteiger partial charge in [-0.15, -0.1) is 0 Å². The fourth-order valence-corrected chi connectivity index (χ4v) is 5.08. The molecule has 2 aromatic carbocycles. The number of sulfonamides is 1. The Kier molecular flexibility index (Phi) is 6.34. The van der Waals surface area contributed by atoms with Crippen LogP contribution in [0.3, 0.4) is 0 Å². The summed E-state index contributed by atoms with van der Waals surface area (Å²) >= 11 is 0. The van der Waals surface area contributed by atoms with E-state index < -0.39 is 27.3 Å². The first-order chi connectivity index (χ1) is 13.4. The first-order valence-corrected chi connectivity index (χ1v) is 11.0. The monoisotopic (exact) mass is 404 g/mol. The van der Waals surface area contributed by atoms with E-state index in [1.807, 2.05) is 0 Å². The molecule has 1 aliphatic carbocycles. The van der Waals surface area contributed by atoms with Gasteiger partial charge in [0.05, 0.1) is 5.69 Å². The molecule has 0 saturated heterocycles. The van der Waals surface area contributed by atoms with Gasteiger partial charge >= 0.3 is 0 Å². The second-order valence-corrected chi connectivity index (χ2v) is 9.04. The van der Waals surface area contributed by atoms with E-state index in [4.69, 9.17) is 0 Å². The molecule has 5 nitrogen and oxygen atoms in total. The molecule has 0 radical (unpaired) electrons. The van der Waals surface area contributed by atoms with Gasteiger partial charge in [-0.25, -0.2) is 12.8 Å². The Bertz CT molecular complexity index is 918. The van der Waals surface area contributed by atoms with Crippen LogP contribution < -0.4 is 9.62 Å². The second-order valence-electron chi connectivity index (χ2n) is 7.21. The van der Waals surface area contributed by atoms with Crippen LogP contribution >= 0.6 is 0 Å². The maximum absolute atomic E-state index is 14.2. The number of carbonyl (C=O) groups is 1. The van der Waals surface area contributed by atoms with E-state index in [1.54, 1.807) is 30.3 Å². The van der Waals surface area contributed by atoms with E-state index in [0.29, 0.717) is 11.6 Å². The van der Waals surface area contributed by atoms with Gasteiger partial charge < -0.3 is 5.32 Å². The molecule has 1 saturated carbocycles. The van der Waals surface area contributed by atoms with Crippen molar-refractivity contribution in [2.45, 2.75) is 43.5 Å². The predicted octanol–water partition coefficient (Wildman–Crippen LogP) is 3.72. The summed E-state index contributed by atoms with van der Waals surface area (Å²) in [5.74, 6) is -0.877. The summed E-state index contributed by atoms with van der Waals surface area (Å²) in [5, 5.41) is 2.97. The number of halogens is 1. The third-order valence-electron chi connectivity index (χ3n) is 5.19. The molecular formula is C21H25FN2O3S. The van der Waals surface area contributed by atoms with Crippen LogP contribution in [0.1, 0.15) is 32.6 Å². The van der Waals surface area contributed by atoms with Gasteiger partial charge in [-0.05, 0) is 43.0 Å². The molecule has 0 heterocycles. The zero-order valence-corrected chi connectivity index (χ0v) is 16.7. The van der Waals surface area contributed by atoms with Crippen molar-refractivity contribution in [1.29, 1.82) is 0 Å². The predicted molar refractivity (Wildman–Crippen MR) is 107 cm³/mol. The van der Waals surface area contributed by atoms with Crippen molar-refractivity contribution in [3.8, 4) is 0 Å². The lowest BCUT2D eigenvalue weighted by molar-refractivity contribution is -0.120. The van der Waals surface area contributed by atoms with E-state index in [1.165, 1.54) is 18.2 Å². The molecule has 0 aliphatic heterocycles. The largest absolute Gasteiger partial charge is 0.352 e. The van der Waals surface area contributed by atoms with Gasteiger partial charge in [-0.3, -0.25) is 9.10 Å². The summed E-state index contributed by atoms with van der Waals surface area (Å²) in [5.41, 5.74) is 0.317. The molecule has 0 aromatic heterocycles. The fraction of sp³-hybridized carbons (Fsp3) is 0.381. The highest BCUT2D eigenvalue weighted by molar-refractivity contribution is 7.92. The number of anilines is 1. The lowest BCUT2D eigenvalue weighted by Crippen LogP contribution is -2.47. The average Bonchev–Trinajstić information content (AvgIpc) is 2.68. The summed E-state index contributed by atoms with van der Waals surface area (Å²) in [6.45, 7) is 1.69. The Morgan fingerprint density at radius 1 is 1.07 bits per heavy atom. The Morgan fingerprint density at radius 3 is 2.39 bits per heavy atom. The van der Waals surface area contributed by atoms with E-state index in [-0.39, 0.29) is 11.9 Å². The number of hydrogen-bond donors (Lipinski definition) is 1. The molecular weight excluding hydrogens is 379 g/mol. The van der Waals surface area contributed by atoms with Crippen LogP contribution in [0.2, 0.25) is 0 Å².